The fraction of sp³-hybridized carbons (Fsp3) is 0.722. The van der Waals surface area contributed by atoms with Crippen molar-refractivity contribution in [3.05, 3.63) is 23.3 Å². The SMILES string of the molecule is CCCCC/C(C)=C/CC/C(C)=C/CCC(C)C(=O)O. The van der Waals surface area contributed by atoms with E-state index < -0.39 is 5.97 Å². The van der Waals surface area contributed by atoms with Crippen molar-refractivity contribution in [2.75, 3.05) is 0 Å². The van der Waals surface area contributed by atoms with Crippen LogP contribution in [0.1, 0.15) is 79.1 Å². The monoisotopic (exact) mass is 280 g/mol. The molecule has 0 aromatic rings. The zero-order valence-electron chi connectivity index (χ0n) is 13.7. The maximum absolute atomic E-state index is 10.7. The maximum Gasteiger partial charge on any atom is 0.306 e. The van der Waals surface area contributed by atoms with Gasteiger partial charge in [-0.05, 0) is 52.4 Å². The van der Waals surface area contributed by atoms with Crippen LogP contribution < -0.4 is 0 Å². The summed E-state index contributed by atoms with van der Waals surface area (Å²) in [6.45, 7) is 8.38. The van der Waals surface area contributed by atoms with Gasteiger partial charge in [0, 0.05) is 0 Å². The van der Waals surface area contributed by atoms with Crippen LogP contribution in [0.5, 0.6) is 0 Å². The van der Waals surface area contributed by atoms with Crippen molar-refractivity contribution in [3.8, 4) is 0 Å². The lowest BCUT2D eigenvalue weighted by molar-refractivity contribution is -0.141. The summed E-state index contributed by atoms with van der Waals surface area (Å²) in [6, 6.07) is 0. The minimum atomic E-state index is -0.693. The molecule has 1 atom stereocenters. The molecule has 0 saturated heterocycles. The molecule has 0 aromatic carbocycles. The lowest BCUT2D eigenvalue weighted by Crippen LogP contribution is -2.08. The summed E-state index contributed by atoms with van der Waals surface area (Å²) in [4.78, 5) is 10.7. The number of hydrogen-bond donors (Lipinski definition) is 1. The maximum atomic E-state index is 10.7. The molecule has 2 nitrogen and oxygen atoms in total. The van der Waals surface area contributed by atoms with Gasteiger partial charge in [0.1, 0.15) is 0 Å². The predicted octanol–water partition coefficient (Wildman–Crippen LogP) is 5.74. The Morgan fingerprint density at radius 1 is 1.05 bits per heavy atom. The Balaban J connectivity index is 3.83. The van der Waals surface area contributed by atoms with E-state index in [1.165, 1.54) is 36.8 Å². The Morgan fingerprint density at radius 3 is 2.25 bits per heavy atom. The number of allylic oxidation sites excluding steroid dienone is 4. The first-order chi connectivity index (χ1) is 9.47. The Kier molecular flexibility index (Phi) is 11.1. The highest BCUT2D eigenvalue weighted by molar-refractivity contribution is 5.69. The molecule has 0 saturated carbocycles. The van der Waals surface area contributed by atoms with E-state index >= 15 is 0 Å². The van der Waals surface area contributed by atoms with Crippen LogP contribution in [0.4, 0.5) is 0 Å². The van der Waals surface area contributed by atoms with Crippen LogP contribution in [-0.2, 0) is 4.79 Å². The Morgan fingerprint density at radius 2 is 1.65 bits per heavy atom. The van der Waals surface area contributed by atoms with E-state index in [-0.39, 0.29) is 5.92 Å². The van der Waals surface area contributed by atoms with Gasteiger partial charge < -0.3 is 5.11 Å². The number of hydrogen-bond acceptors (Lipinski definition) is 1. The molecule has 0 aliphatic heterocycles. The summed E-state index contributed by atoms with van der Waals surface area (Å²) in [5, 5.41) is 8.81. The van der Waals surface area contributed by atoms with Gasteiger partial charge in [-0.2, -0.15) is 0 Å². The largest absolute Gasteiger partial charge is 0.481 e. The van der Waals surface area contributed by atoms with Gasteiger partial charge in [0.15, 0.2) is 0 Å². The van der Waals surface area contributed by atoms with Crippen molar-refractivity contribution in [2.45, 2.75) is 79.1 Å². The normalized spacial score (nSPS) is 14.4. The number of carboxylic acid groups (broad SMARTS) is 1. The van der Waals surface area contributed by atoms with Crippen LogP contribution in [-0.4, -0.2) is 11.1 Å². The van der Waals surface area contributed by atoms with Crippen LogP contribution in [0.3, 0.4) is 0 Å². The molecule has 0 fully saturated rings. The molecule has 0 aliphatic carbocycles. The number of carboxylic acids is 1. The Hall–Kier alpha value is -1.05. The van der Waals surface area contributed by atoms with Crippen molar-refractivity contribution in [1.29, 1.82) is 0 Å². The van der Waals surface area contributed by atoms with Gasteiger partial charge in [0.05, 0.1) is 5.92 Å². The number of unbranched alkanes of at least 4 members (excludes halogenated alkanes) is 2. The van der Waals surface area contributed by atoms with E-state index in [0.29, 0.717) is 0 Å². The third-order valence-electron chi connectivity index (χ3n) is 3.72. The first-order valence-corrected chi connectivity index (χ1v) is 8.01. The zero-order chi connectivity index (χ0) is 15.4. The third-order valence-corrected chi connectivity index (χ3v) is 3.72. The van der Waals surface area contributed by atoms with Gasteiger partial charge in [-0.3, -0.25) is 4.79 Å². The van der Waals surface area contributed by atoms with Crippen molar-refractivity contribution in [3.63, 3.8) is 0 Å². The van der Waals surface area contributed by atoms with Crippen LogP contribution in [0.2, 0.25) is 0 Å². The minimum Gasteiger partial charge on any atom is -0.481 e. The summed E-state index contributed by atoms with van der Waals surface area (Å²) < 4.78 is 0. The number of rotatable bonds is 11. The van der Waals surface area contributed by atoms with Crippen LogP contribution in [0.25, 0.3) is 0 Å². The fourth-order valence-corrected chi connectivity index (χ4v) is 2.11. The standard InChI is InChI=1S/C18H32O2/c1-5-6-7-10-15(2)11-8-12-16(3)13-9-14-17(4)18(19)20/h11,13,17H,5-10,12,14H2,1-4H3,(H,19,20)/b15-11+,16-13+. The average Bonchev–Trinajstić information content (AvgIpc) is 2.38. The average molecular weight is 280 g/mol. The lowest BCUT2D eigenvalue weighted by atomic mass is 10.0. The highest BCUT2D eigenvalue weighted by atomic mass is 16.4. The van der Waals surface area contributed by atoms with Crippen molar-refractivity contribution < 1.29 is 9.90 Å². The van der Waals surface area contributed by atoms with Gasteiger partial charge in [-0.15, -0.1) is 0 Å². The first-order valence-electron chi connectivity index (χ1n) is 8.01. The molecule has 0 bridgehead atoms. The molecule has 0 radical (unpaired) electrons. The molecule has 20 heavy (non-hydrogen) atoms. The molecular formula is C18H32O2. The van der Waals surface area contributed by atoms with E-state index in [9.17, 15) is 4.79 Å². The highest BCUT2D eigenvalue weighted by Gasteiger charge is 2.08. The third kappa shape index (κ3) is 10.8. The number of aliphatic carboxylic acids is 1. The van der Waals surface area contributed by atoms with Crippen LogP contribution in [0.15, 0.2) is 23.3 Å². The quantitative estimate of drug-likeness (QED) is 0.387. The second-order valence-electron chi connectivity index (χ2n) is 5.91. The minimum absolute atomic E-state index is 0.236. The highest BCUT2D eigenvalue weighted by Crippen LogP contribution is 2.14. The molecule has 2 heteroatoms. The molecule has 116 valence electrons. The zero-order valence-corrected chi connectivity index (χ0v) is 13.7. The first kappa shape index (κ1) is 18.9. The topological polar surface area (TPSA) is 37.3 Å². The smallest absolute Gasteiger partial charge is 0.306 e. The molecule has 0 aliphatic rings. The van der Waals surface area contributed by atoms with Gasteiger partial charge >= 0.3 is 5.97 Å². The molecule has 0 amide bonds. The fourth-order valence-electron chi connectivity index (χ4n) is 2.11. The van der Waals surface area contributed by atoms with Gasteiger partial charge in [-0.25, -0.2) is 0 Å². The van der Waals surface area contributed by atoms with E-state index in [0.717, 1.165) is 25.7 Å². The summed E-state index contributed by atoms with van der Waals surface area (Å²) >= 11 is 0. The van der Waals surface area contributed by atoms with Crippen LogP contribution in [0, 0.1) is 5.92 Å². The second-order valence-corrected chi connectivity index (χ2v) is 5.91. The summed E-state index contributed by atoms with van der Waals surface area (Å²) in [5.74, 6) is -0.929. The molecule has 0 rings (SSSR count). The predicted molar refractivity (Wildman–Crippen MR) is 86.9 cm³/mol. The Labute approximate surface area is 125 Å². The molecule has 0 heterocycles. The van der Waals surface area contributed by atoms with E-state index in [1.54, 1.807) is 6.92 Å². The Bertz CT molecular complexity index is 326. The summed E-state index contributed by atoms with van der Waals surface area (Å²) in [5.41, 5.74) is 2.88. The van der Waals surface area contributed by atoms with Gasteiger partial charge in [0.2, 0.25) is 0 Å². The van der Waals surface area contributed by atoms with E-state index in [1.807, 2.05) is 0 Å². The van der Waals surface area contributed by atoms with Gasteiger partial charge in [-0.1, -0.05) is 50.0 Å². The van der Waals surface area contributed by atoms with Crippen molar-refractivity contribution in [1.82, 2.24) is 0 Å². The van der Waals surface area contributed by atoms with Crippen molar-refractivity contribution >= 4 is 5.97 Å². The lowest BCUT2D eigenvalue weighted by Gasteiger charge is -2.04. The summed E-state index contributed by atoms with van der Waals surface area (Å²) in [6.07, 6.45) is 13.5. The molecule has 1 N–H and O–H groups in total. The summed E-state index contributed by atoms with van der Waals surface area (Å²) in [7, 11) is 0. The number of carbonyl (C=O) groups is 1. The molecular weight excluding hydrogens is 248 g/mol. The van der Waals surface area contributed by atoms with Crippen LogP contribution >= 0.6 is 0 Å². The van der Waals surface area contributed by atoms with Gasteiger partial charge in [0.25, 0.3) is 0 Å². The molecule has 0 spiro atoms. The molecule has 1 unspecified atom stereocenters. The van der Waals surface area contributed by atoms with E-state index in [4.69, 9.17) is 5.11 Å². The second kappa shape index (κ2) is 11.7. The van der Waals surface area contributed by atoms with Crippen molar-refractivity contribution in [2.24, 2.45) is 5.92 Å². The van der Waals surface area contributed by atoms with E-state index in [2.05, 4.69) is 32.9 Å². The molecule has 0 aromatic heterocycles.